The average Bonchev–Trinajstić information content (AvgIpc) is 3.28. The van der Waals surface area contributed by atoms with Gasteiger partial charge in [-0.15, -0.1) is 0 Å². The maximum atomic E-state index is 13.9. The zero-order chi connectivity index (χ0) is 21.8. The highest BCUT2D eigenvalue weighted by molar-refractivity contribution is 6.30. The predicted octanol–water partition coefficient (Wildman–Crippen LogP) is 3.21. The van der Waals surface area contributed by atoms with E-state index in [1.54, 1.807) is 17.0 Å². The molecule has 1 aromatic heterocycles. The Balaban J connectivity index is 1.28. The summed E-state index contributed by atoms with van der Waals surface area (Å²) in [6, 6.07) is 15.0. The van der Waals surface area contributed by atoms with Gasteiger partial charge in [-0.2, -0.15) is 0 Å². The van der Waals surface area contributed by atoms with Gasteiger partial charge in [-0.25, -0.2) is 4.39 Å². The second-order valence-corrected chi connectivity index (χ2v) is 7.52. The number of rotatable bonds is 5. The highest BCUT2D eigenvalue weighted by Gasteiger charge is 2.23. The van der Waals surface area contributed by atoms with Gasteiger partial charge in [0.05, 0.1) is 12.1 Å². The van der Waals surface area contributed by atoms with Crippen molar-refractivity contribution >= 4 is 29.1 Å². The van der Waals surface area contributed by atoms with Crippen molar-refractivity contribution in [1.82, 2.24) is 15.4 Å². The van der Waals surface area contributed by atoms with E-state index >= 15 is 0 Å². The number of benzene rings is 2. The number of aromatic nitrogens is 1. The fourth-order valence-electron chi connectivity index (χ4n) is 3.42. The minimum Gasteiger partial charge on any atom is -0.368 e. The molecule has 1 fully saturated rings. The van der Waals surface area contributed by atoms with Crippen LogP contribution in [-0.2, 0) is 4.79 Å². The monoisotopic (exact) mass is 442 g/mol. The lowest BCUT2D eigenvalue weighted by molar-refractivity contribution is -0.130. The molecule has 0 bridgehead atoms. The van der Waals surface area contributed by atoms with Crippen molar-refractivity contribution in [3.05, 3.63) is 71.1 Å². The SMILES string of the molecule is O=C(NCC(=O)N1CCN(c2cccc(Cl)c2)CC1)c1cc(-c2ccccc2F)on1. The van der Waals surface area contributed by atoms with Crippen LogP contribution in [-0.4, -0.2) is 54.6 Å². The summed E-state index contributed by atoms with van der Waals surface area (Å²) in [6.45, 7) is 2.29. The average molecular weight is 443 g/mol. The third-order valence-corrected chi connectivity index (χ3v) is 5.32. The molecule has 3 aromatic rings. The molecule has 0 unspecified atom stereocenters. The molecule has 0 radical (unpaired) electrons. The van der Waals surface area contributed by atoms with Crippen LogP contribution in [0.1, 0.15) is 10.5 Å². The number of anilines is 1. The largest absolute Gasteiger partial charge is 0.368 e. The molecule has 2 heterocycles. The standard InChI is InChI=1S/C22H20ClFN4O3/c23-15-4-3-5-16(12-15)27-8-10-28(11-9-27)21(29)14-25-22(30)19-13-20(31-26-19)17-6-1-2-7-18(17)24/h1-7,12-13H,8-11,14H2,(H,25,30). The molecule has 1 aliphatic heterocycles. The highest BCUT2D eigenvalue weighted by atomic mass is 35.5. The molecular formula is C22H20ClFN4O3. The molecule has 0 atom stereocenters. The first-order chi connectivity index (χ1) is 15.0. The molecule has 160 valence electrons. The molecule has 7 nitrogen and oxygen atoms in total. The van der Waals surface area contributed by atoms with Gasteiger partial charge in [-0.1, -0.05) is 35.0 Å². The van der Waals surface area contributed by atoms with Crippen molar-refractivity contribution in [1.29, 1.82) is 0 Å². The van der Waals surface area contributed by atoms with E-state index in [0.29, 0.717) is 31.2 Å². The van der Waals surface area contributed by atoms with Crippen molar-refractivity contribution in [2.45, 2.75) is 0 Å². The highest BCUT2D eigenvalue weighted by Crippen LogP contribution is 2.23. The Morgan fingerprint density at radius 3 is 2.58 bits per heavy atom. The third-order valence-electron chi connectivity index (χ3n) is 5.09. The van der Waals surface area contributed by atoms with Gasteiger partial charge in [0.15, 0.2) is 11.5 Å². The number of halogens is 2. The molecule has 0 saturated carbocycles. The summed E-state index contributed by atoms with van der Waals surface area (Å²) in [7, 11) is 0. The third kappa shape index (κ3) is 4.86. The first-order valence-electron chi connectivity index (χ1n) is 9.79. The zero-order valence-electron chi connectivity index (χ0n) is 16.6. The van der Waals surface area contributed by atoms with E-state index in [9.17, 15) is 14.0 Å². The summed E-state index contributed by atoms with van der Waals surface area (Å²) >= 11 is 6.05. The van der Waals surface area contributed by atoms with E-state index in [4.69, 9.17) is 16.1 Å². The number of nitrogens with one attached hydrogen (secondary N) is 1. The summed E-state index contributed by atoms with van der Waals surface area (Å²) in [5, 5.41) is 6.90. The lowest BCUT2D eigenvalue weighted by Gasteiger charge is -2.36. The fourth-order valence-corrected chi connectivity index (χ4v) is 3.60. The Hall–Kier alpha value is -3.39. The molecule has 4 rings (SSSR count). The van der Waals surface area contributed by atoms with Crippen molar-refractivity contribution in [2.24, 2.45) is 0 Å². The van der Waals surface area contributed by atoms with E-state index in [0.717, 1.165) is 5.69 Å². The van der Waals surface area contributed by atoms with Crippen LogP contribution in [0.4, 0.5) is 10.1 Å². The molecule has 1 aliphatic rings. The first kappa shape index (κ1) is 20.9. The molecular weight excluding hydrogens is 423 g/mol. The van der Waals surface area contributed by atoms with E-state index in [-0.39, 0.29) is 29.5 Å². The Labute approximate surface area is 183 Å². The van der Waals surface area contributed by atoms with Crippen LogP contribution in [0, 0.1) is 5.82 Å². The number of nitrogens with zero attached hydrogens (tertiary/aromatic N) is 3. The summed E-state index contributed by atoms with van der Waals surface area (Å²) in [5.41, 5.74) is 1.21. The van der Waals surface area contributed by atoms with Crippen molar-refractivity contribution in [3.63, 3.8) is 0 Å². The van der Waals surface area contributed by atoms with Crippen LogP contribution in [0.25, 0.3) is 11.3 Å². The molecule has 0 aliphatic carbocycles. The smallest absolute Gasteiger partial charge is 0.273 e. The number of amides is 2. The Kier molecular flexibility index (Phi) is 6.18. The molecule has 1 N–H and O–H groups in total. The van der Waals surface area contributed by atoms with Gasteiger partial charge in [0.2, 0.25) is 5.91 Å². The molecule has 2 aromatic carbocycles. The molecule has 2 amide bonds. The fraction of sp³-hybridized carbons (Fsp3) is 0.227. The Morgan fingerprint density at radius 1 is 1.06 bits per heavy atom. The van der Waals surface area contributed by atoms with Gasteiger partial charge in [-0.3, -0.25) is 9.59 Å². The number of carbonyl (C=O) groups excluding carboxylic acids is 2. The van der Waals surface area contributed by atoms with Crippen LogP contribution in [0.5, 0.6) is 0 Å². The number of piperazine rings is 1. The second kappa shape index (κ2) is 9.18. The molecule has 0 spiro atoms. The molecule has 9 heteroatoms. The Bertz CT molecular complexity index is 1100. The van der Waals surface area contributed by atoms with Crippen LogP contribution in [0.2, 0.25) is 5.02 Å². The van der Waals surface area contributed by atoms with Crippen molar-refractivity contribution < 1.29 is 18.5 Å². The summed E-state index contributed by atoms with van der Waals surface area (Å²) < 4.78 is 18.9. The van der Waals surface area contributed by atoms with Gasteiger partial charge in [0.1, 0.15) is 5.82 Å². The van der Waals surface area contributed by atoms with Gasteiger partial charge < -0.3 is 19.6 Å². The number of hydrogen-bond donors (Lipinski definition) is 1. The first-order valence-corrected chi connectivity index (χ1v) is 10.2. The topological polar surface area (TPSA) is 78.7 Å². The number of carbonyl (C=O) groups is 2. The summed E-state index contributed by atoms with van der Waals surface area (Å²) in [5.74, 6) is -1.07. The summed E-state index contributed by atoms with van der Waals surface area (Å²) in [4.78, 5) is 28.7. The van der Waals surface area contributed by atoms with Crippen molar-refractivity contribution in [3.8, 4) is 11.3 Å². The number of hydrogen-bond acceptors (Lipinski definition) is 5. The van der Waals surface area contributed by atoms with E-state index in [2.05, 4.69) is 15.4 Å². The Morgan fingerprint density at radius 2 is 1.84 bits per heavy atom. The zero-order valence-corrected chi connectivity index (χ0v) is 17.3. The molecule has 31 heavy (non-hydrogen) atoms. The van der Waals surface area contributed by atoms with Crippen LogP contribution < -0.4 is 10.2 Å². The lowest BCUT2D eigenvalue weighted by Crippen LogP contribution is -2.51. The quantitative estimate of drug-likeness (QED) is 0.656. The minimum absolute atomic E-state index is 0.0168. The summed E-state index contributed by atoms with van der Waals surface area (Å²) in [6.07, 6.45) is 0. The molecule has 1 saturated heterocycles. The van der Waals surface area contributed by atoms with Crippen LogP contribution >= 0.6 is 11.6 Å². The van der Waals surface area contributed by atoms with E-state index < -0.39 is 11.7 Å². The van der Waals surface area contributed by atoms with Gasteiger partial charge in [-0.05, 0) is 30.3 Å². The lowest BCUT2D eigenvalue weighted by atomic mass is 10.1. The maximum absolute atomic E-state index is 13.9. The van der Waals surface area contributed by atoms with Crippen molar-refractivity contribution in [2.75, 3.05) is 37.6 Å². The van der Waals surface area contributed by atoms with Gasteiger partial charge in [0.25, 0.3) is 5.91 Å². The van der Waals surface area contributed by atoms with Gasteiger partial charge >= 0.3 is 0 Å². The predicted molar refractivity (Wildman–Crippen MR) is 114 cm³/mol. The van der Waals surface area contributed by atoms with E-state index in [1.165, 1.54) is 18.2 Å². The van der Waals surface area contributed by atoms with Gasteiger partial charge in [0, 0.05) is 43.0 Å². The normalized spacial score (nSPS) is 13.9. The second-order valence-electron chi connectivity index (χ2n) is 7.09. The maximum Gasteiger partial charge on any atom is 0.273 e. The van der Waals surface area contributed by atoms with E-state index in [1.807, 2.05) is 24.3 Å². The van der Waals surface area contributed by atoms with Crippen LogP contribution in [0.3, 0.4) is 0 Å². The van der Waals surface area contributed by atoms with Crippen LogP contribution in [0.15, 0.2) is 59.1 Å². The minimum atomic E-state index is -0.558.